The maximum atomic E-state index is 9.97. The molecular formula is C13H18O. The summed E-state index contributed by atoms with van der Waals surface area (Å²) in [4.78, 5) is 0. The molecule has 14 heavy (non-hydrogen) atoms. The second-order valence-corrected chi connectivity index (χ2v) is 4.65. The minimum Gasteiger partial charge on any atom is -0.388 e. The number of hydrogen-bond acceptors (Lipinski definition) is 1. The van der Waals surface area contributed by atoms with Crippen molar-refractivity contribution in [2.75, 3.05) is 0 Å². The smallest absolute Gasteiger partial charge is 0.0795 e. The SMILES string of the molecule is Cc1ccc2c(c1)C(O)CC(C)C2C. The zero-order chi connectivity index (χ0) is 10.3. The third kappa shape index (κ3) is 1.46. The zero-order valence-electron chi connectivity index (χ0n) is 9.12. The fraction of sp³-hybridized carbons (Fsp3) is 0.538. The second kappa shape index (κ2) is 3.39. The molecule has 1 aromatic rings. The summed E-state index contributed by atoms with van der Waals surface area (Å²) in [6, 6.07) is 6.44. The quantitative estimate of drug-likeness (QED) is 0.666. The molecule has 0 saturated carbocycles. The fourth-order valence-electron chi connectivity index (χ4n) is 2.39. The lowest BCUT2D eigenvalue weighted by Gasteiger charge is -2.32. The first-order valence-corrected chi connectivity index (χ1v) is 5.38. The Kier molecular flexibility index (Phi) is 2.36. The van der Waals surface area contributed by atoms with Gasteiger partial charge in [-0.25, -0.2) is 0 Å². The molecule has 0 aromatic heterocycles. The predicted octanol–water partition coefficient (Wildman–Crippen LogP) is 3.17. The van der Waals surface area contributed by atoms with Crippen LogP contribution in [0.5, 0.6) is 0 Å². The molecule has 76 valence electrons. The van der Waals surface area contributed by atoms with Crippen molar-refractivity contribution in [1.29, 1.82) is 0 Å². The Morgan fingerprint density at radius 2 is 1.93 bits per heavy atom. The number of aryl methyl sites for hydroxylation is 1. The monoisotopic (exact) mass is 190 g/mol. The summed E-state index contributed by atoms with van der Waals surface area (Å²) < 4.78 is 0. The van der Waals surface area contributed by atoms with Crippen LogP contribution in [0.1, 0.15) is 49.0 Å². The molecule has 0 heterocycles. The third-order valence-corrected chi connectivity index (χ3v) is 3.54. The van der Waals surface area contributed by atoms with Gasteiger partial charge >= 0.3 is 0 Å². The molecule has 3 unspecified atom stereocenters. The van der Waals surface area contributed by atoms with E-state index in [0.29, 0.717) is 11.8 Å². The summed E-state index contributed by atoms with van der Waals surface area (Å²) in [5.74, 6) is 1.16. The van der Waals surface area contributed by atoms with E-state index in [1.165, 1.54) is 11.1 Å². The van der Waals surface area contributed by atoms with Gasteiger partial charge < -0.3 is 5.11 Å². The van der Waals surface area contributed by atoms with Crippen LogP contribution >= 0.6 is 0 Å². The molecular weight excluding hydrogens is 172 g/mol. The fourth-order valence-corrected chi connectivity index (χ4v) is 2.39. The minimum absolute atomic E-state index is 0.254. The highest BCUT2D eigenvalue weighted by Gasteiger charge is 2.28. The molecule has 0 fully saturated rings. The molecule has 2 rings (SSSR count). The van der Waals surface area contributed by atoms with Gasteiger partial charge in [0.15, 0.2) is 0 Å². The number of aliphatic hydroxyl groups excluding tert-OH is 1. The number of aliphatic hydroxyl groups is 1. The maximum absolute atomic E-state index is 9.97. The van der Waals surface area contributed by atoms with Crippen LogP contribution in [0.2, 0.25) is 0 Å². The lowest BCUT2D eigenvalue weighted by molar-refractivity contribution is 0.128. The van der Waals surface area contributed by atoms with Gasteiger partial charge in [-0.05, 0) is 36.3 Å². The lowest BCUT2D eigenvalue weighted by Crippen LogP contribution is -2.20. The second-order valence-electron chi connectivity index (χ2n) is 4.65. The maximum Gasteiger partial charge on any atom is 0.0795 e. The minimum atomic E-state index is -0.254. The van der Waals surface area contributed by atoms with Crippen molar-refractivity contribution in [2.45, 2.75) is 39.2 Å². The molecule has 1 N–H and O–H groups in total. The number of benzene rings is 1. The summed E-state index contributed by atoms with van der Waals surface area (Å²) in [5.41, 5.74) is 3.72. The first-order chi connectivity index (χ1) is 6.59. The lowest BCUT2D eigenvalue weighted by atomic mass is 9.75. The van der Waals surface area contributed by atoms with Gasteiger partial charge in [0, 0.05) is 0 Å². The molecule has 0 spiro atoms. The van der Waals surface area contributed by atoms with Gasteiger partial charge in [0.1, 0.15) is 0 Å². The Morgan fingerprint density at radius 3 is 2.64 bits per heavy atom. The number of hydrogen-bond donors (Lipinski definition) is 1. The Balaban J connectivity index is 2.50. The van der Waals surface area contributed by atoms with Crippen molar-refractivity contribution in [3.05, 3.63) is 34.9 Å². The normalized spacial score (nSPS) is 31.3. The third-order valence-electron chi connectivity index (χ3n) is 3.54. The van der Waals surface area contributed by atoms with Crippen LogP contribution in [-0.4, -0.2) is 5.11 Å². The molecule has 1 heteroatoms. The van der Waals surface area contributed by atoms with Gasteiger partial charge in [0.2, 0.25) is 0 Å². The first kappa shape index (κ1) is 9.72. The molecule has 1 nitrogen and oxygen atoms in total. The Bertz CT molecular complexity index is 343. The Hall–Kier alpha value is -0.820. The highest BCUT2D eigenvalue weighted by molar-refractivity contribution is 5.37. The first-order valence-electron chi connectivity index (χ1n) is 5.38. The van der Waals surface area contributed by atoms with Crippen LogP contribution in [0.15, 0.2) is 18.2 Å². The average molecular weight is 190 g/mol. The topological polar surface area (TPSA) is 20.2 Å². The van der Waals surface area contributed by atoms with Crippen molar-refractivity contribution in [3.8, 4) is 0 Å². The van der Waals surface area contributed by atoms with E-state index in [2.05, 4.69) is 39.0 Å². The number of fused-ring (bicyclic) bond motifs is 1. The van der Waals surface area contributed by atoms with Crippen molar-refractivity contribution in [1.82, 2.24) is 0 Å². The highest BCUT2D eigenvalue weighted by atomic mass is 16.3. The van der Waals surface area contributed by atoms with Crippen molar-refractivity contribution >= 4 is 0 Å². The molecule has 0 amide bonds. The summed E-state index contributed by atoms with van der Waals surface area (Å²) in [6.45, 7) is 6.55. The van der Waals surface area contributed by atoms with Crippen LogP contribution in [0.25, 0.3) is 0 Å². The van der Waals surface area contributed by atoms with Gasteiger partial charge in [-0.2, -0.15) is 0 Å². The van der Waals surface area contributed by atoms with Crippen LogP contribution in [0.3, 0.4) is 0 Å². The summed E-state index contributed by atoms with van der Waals surface area (Å²) in [7, 11) is 0. The molecule has 1 aromatic carbocycles. The molecule has 0 aliphatic heterocycles. The molecule has 0 radical (unpaired) electrons. The van der Waals surface area contributed by atoms with E-state index in [9.17, 15) is 5.11 Å². The van der Waals surface area contributed by atoms with Crippen LogP contribution in [0, 0.1) is 12.8 Å². The largest absolute Gasteiger partial charge is 0.388 e. The van der Waals surface area contributed by atoms with Crippen molar-refractivity contribution < 1.29 is 5.11 Å². The summed E-state index contributed by atoms with van der Waals surface area (Å²) in [6.07, 6.45) is 0.647. The van der Waals surface area contributed by atoms with E-state index >= 15 is 0 Å². The van der Waals surface area contributed by atoms with E-state index in [4.69, 9.17) is 0 Å². The Labute approximate surface area is 85.8 Å². The van der Waals surface area contributed by atoms with E-state index in [1.807, 2.05) is 0 Å². The molecule has 3 atom stereocenters. The molecule has 1 aliphatic carbocycles. The number of rotatable bonds is 0. The van der Waals surface area contributed by atoms with E-state index < -0.39 is 0 Å². The predicted molar refractivity (Wildman–Crippen MR) is 58.3 cm³/mol. The highest BCUT2D eigenvalue weighted by Crippen LogP contribution is 2.41. The standard InChI is InChI=1S/C13H18O/c1-8-4-5-11-10(3)9(2)7-13(14)12(11)6-8/h4-6,9-10,13-14H,7H2,1-3H3. The summed E-state index contributed by atoms with van der Waals surface area (Å²) >= 11 is 0. The van der Waals surface area contributed by atoms with Crippen LogP contribution in [-0.2, 0) is 0 Å². The van der Waals surface area contributed by atoms with Crippen LogP contribution < -0.4 is 0 Å². The zero-order valence-corrected chi connectivity index (χ0v) is 9.12. The van der Waals surface area contributed by atoms with Gasteiger partial charge in [-0.3, -0.25) is 0 Å². The molecule has 0 bridgehead atoms. The van der Waals surface area contributed by atoms with Gasteiger partial charge in [-0.1, -0.05) is 37.6 Å². The van der Waals surface area contributed by atoms with Crippen molar-refractivity contribution in [2.24, 2.45) is 5.92 Å². The van der Waals surface area contributed by atoms with Gasteiger partial charge in [-0.15, -0.1) is 0 Å². The van der Waals surface area contributed by atoms with E-state index in [0.717, 1.165) is 12.0 Å². The van der Waals surface area contributed by atoms with E-state index in [1.54, 1.807) is 0 Å². The van der Waals surface area contributed by atoms with Crippen molar-refractivity contribution in [3.63, 3.8) is 0 Å². The summed E-state index contributed by atoms with van der Waals surface area (Å²) in [5, 5.41) is 9.97. The molecule has 1 aliphatic rings. The van der Waals surface area contributed by atoms with Gasteiger partial charge in [0.05, 0.1) is 6.10 Å². The Morgan fingerprint density at radius 1 is 1.21 bits per heavy atom. The molecule has 0 saturated heterocycles. The van der Waals surface area contributed by atoms with Gasteiger partial charge in [0.25, 0.3) is 0 Å². The average Bonchev–Trinajstić information content (AvgIpc) is 2.14. The van der Waals surface area contributed by atoms with E-state index in [-0.39, 0.29) is 6.10 Å². The van der Waals surface area contributed by atoms with Crippen LogP contribution in [0.4, 0.5) is 0 Å².